The van der Waals surface area contributed by atoms with Crippen LogP contribution in [-0.2, 0) is 11.3 Å². The summed E-state index contributed by atoms with van der Waals surface area (Å²) in [5.41, 5.74) is 1.62. The van der Waals surface area contributed by atoms with Gasteiger partial charge >= 0.3 is 6.09 Å². The van der Waals surface area contributed by atoms with Gasteiger partial charge in [-0.15, -0.1) is 0 Å². The van der Waals surface area contributed by atoms with Crippen LogP contribution >= 0.6 is 0 Å². The lowest BCUT2D eigenvalue weighted by molar-refractivity contribution is 0.0931. The number of hydrogen-bond donors (Lipinski definition) is 1. The van der Waals surface area contributed by atoms with E-state index < -0.39 is 0 Å². The predicted molar refractivity (Wildman–Crippen MR) is 91.2 cm³/mol. The Balaban J connectivity index is 1.56. The van der Waals surface area contributed by atoms with Crippen molar-refractivity contribution in [2.75, 3.05) is 19.7 Å². The molecule has 1 heterocycles. The third-order valence-corrected chi connectivity index (χ3v) is 5.34. The molecule has 1 unspecified atom stereocenters. The Morgan fingerprint density at radius 3 is 2.78 bits per heavy atom. The minimum Gasteiger partial charge on any atom is -0.450 e. The molecule has 23 heavy (non-hydrogen) atoms. The van der Waals surface area contributed by atoms with Gasteiger partial charge in [-0.25, -0.2) is 4.79 Å². The SMILES string of the molecule is CCCCOC(=O)NC1CN(Cc2ccccc2)CC12CCC2. The maximum atomic E-state index is 12.0. The number of likely N-dealkylation sites (tertiary alicyclic amines) is 1. The molecule has 3 rings (SSSR count). The number of carbonyl (C=O) groups is 1. The number of hydrogen-bond acceptors (Lipinski definition) is 3. The number of nitrogens with one attached hydrogen (secondary N) is 1. The monoisotopic (exact) mass is 316 g/mol. The number of unbranched alkanes of at least 4 members (excludes halogenated alkanes) is 1. The first kappa shape index (κ1) is 16.3. The van der Waals surface area contributed by atoms with Crippen LogP contribution in [0.5, 0.6) is 0 Å². The maximum Gasteiger partial charge on any atom is 0.407 e. The van der Waals surface area contributed by atoms with E-state index in [0.29, 0.717) is 6.61 Å². The summed E-state index contributed by atoms with van der Waals surface area (Å²) in [6, 6.07) is 10.8. The van der Waals surface area contributed by atoms with E-state index in [1.165, 1.54) is 24.8 Å². The van der Waals surface area contributed by atoms with Crippen LogP contribution in [0.3, 0.4) is 0 Å². The van der Waals surface area contributed by atoms with Gasteiger partial charge in [0.1, 0.15) is 0 Å². The van der Waals surface area contributed by atoms with E-state index in [-0.39, 0.29) is 17.6 Å². The number of ether oxygens (including phenoxy) is 1. The van der Waals surface area contributed by atoms with Gasteiger partial charge in [0.2, 0.25) is 0 Å². The standard InChI is InChI=1S/C19H28N2O2/c1-2-3-12-23-18(22)20-17-14-21(15-19(17)10-7-11-19)13-16-8-5-4-6-9-16/h4-6,8-9,17H,2-3,7,10-15H2,1H3,(H,20,22). The third-order valence-electron chi connectivity index (χ3n) is 5.34. The largest absolute Gasteiger partial charge is 0.450 e. The molecule has 1 amide bonds. The van der Waals surface area contributed by atoms with Gasteiger partial charge in [0.15, 0.2) is 0 Å². The predicted octanol–water partition coefficient (Wildman–Crippen LogP) is 3.57. The van der Waals surface area contributed by atoms with E-state index in [2.05, 4.69) is 47.5 Å². The van der Waals surface area contributed by atoms with Crippen molar-refractivity contribution in [3.05, 3.63) is 35.9 Å². The third kappa shape index (κ3) is 3.86. The molecule has 0 radical (unpaired) electrons. The van der Waals surface area contributed by atoms with Crippen LogP contribution in [0.25, 0.3) is 0 Å². The lowest BCUT2D eigenvalue weighted by Gasteiger charge is -2.42. The van der Waals surface area contributed by atoms with Gasteiger partial charge in [-0.1, -0.05) is 50.1 Å². The first-order chi connectivity index (χ1) is 11.2. The summed E-state index contributed by atoms with van der Waals surface area (Å²) in [5, 5.41) is 3.14. The Labute approximate surface area is 139 Å². The maximum absolute atomic E-state index is 12.0. The highest BCUT2D eigenvalue weighted by Crippen LogP contribution is 2.48. The van der Waals surface area contributed by atoms with Crippen LogP contribution in [0.4, 0.5) is 4.79 Å². The molecule has 0 aromatic heterocycles. The first-order valence-corrected chi connectivity index (χ1v) is 8.91. The van der Waals surface area contributed by atoms with E-state index in [1.54, 1.807) is 0 Å². The summed E-state index contributed by atoms with van der Waals surface area (Å²) in [5.74, 6) is 0. The van der Waals surface area contributed by atoms with E-state index in [0.717, 1.165) is 32.5 Å². The molecule has 1 aliphatic heterocycles. The highest BCUT2D eigenvalue weighted by molar-refractivity contribution is 5.67. The molecule has 2 fully saturated rings. The van der Waals surface area contributed by atoms with Crippen molar-refractivity contribution in [3.63, 3.8) is 0 Å². The second kappa shape index (κ2) is 7.35. The molecule has 4 heteroatoms. The molecule has 1 saturated carbocycles. The molecular formula is C19H28N2O2. The van der Waals surface area contributed by atoms with E-state index in [4.69, 9.17) is 4.74 Å². The molecule has 1 atom stereocenters. The number of rotatable bonds is 6. The number of benzene rings is 1. The van der Waals surface area contributed by atoms with E-state index >= 15 is 0 Å². The Morgan fingerprint density at radius 2 is 2.13 bits per heavy atom. The Bertz CT molecular complexity index is 513. The molecule has 1 spiro atoms. The van der Waals surface area contributed by atoms with Crippen LogP contribution in [-0.4, -0.2) is 36.7 Å². The summed E-state index contributed by atoms with van der Waals surface area (Å²) in [6.07, 6.45) is 5.46. The average molecular weight is 316 g/mol. The zero-order valence-corrected chi connectivity index (χ0v) is 14.1. The van der Waals surface area contributed by atoms with Gasteiger partial charge < -0.3 is 10.1 Å². The van der Waals surface area contributed by atoms with Gasteiger partial charge in [-0.05, 0) is 24.8 Å². The van der Waals surface area contributed by atoms with Crippen molar-refractivity contribution in [2.45, 2.75) is 51.6 Å². The molecule has 1 N–H and O–H groups in total. The second-order valence-corrected chi connectivity index (χ2v) is 7.06. The second-order valence-electron chi connectivity index (χ2n) is 7.06. The van der Waals surface area contributed by atoms with Crippen molar-refractivity contribution in [1.82, 2.24) is 10.2 Å². The molecule has 0 bridgehead atoms. The zero-order valence-electron chi connectivity index (χ0n) is 14.1. The normalized spacial score (nSPS) is 22.7. The number of nitrogens with zero attached hydrogens (tertiary/aromatic N) is 1. The van der Waals surface area contributed by atoms with Gasteiger partial charge in [-0.2, -0.15) is 0 Å². The average Bonchev–Trinajstić information content (AvgIpc) is 2.87. The Kier molecular flexibility index (Phi) is 5.21. The molecule has 1 saturated heterocycles. The summed E-state index contributed by atoms with van der Waals surface area (Å²) >= 11 is 0. The highest BCUT2D eigenvalue weighted by Gasteiger charge is 2.50. The fourth-order valence-corrected chi connectivity index (χ4v) is 3.86. The quantitative estimate of drug-likeness (QED) is 0.816. The Hall–Kier alpha value is -1.55. The van der Waals surface area contributed by atoms with Crippen LogP contribution in [0, 0.1) is 5.41 Å². The van der Waals surface area contributed by atoms with Gasteiger partial charge in [0.05, 0.1) is 12.6 Å². The molecule has 126 valence electrons. The van der Waals surface area contributed by atoms with Crippen LogP contribution in [0.1, 0.15) is 44.6 Å². The van der Waals surface area contributed by atoms with Crippen molar-refractivity contribution < 1.29 is 9.53 Å². The van der Waals surface area contributed by atoms with E-state index in [1.807, 2.05) is 0 Å². The van der Waals surface area contributed by atoms with Crippen LogP contribution < -0.4 is 5.32 Å². The highest BCUT2D eigenvalue weighted by atomic mass is 16.5. The smallest absolute Gasteiger partial charge is 0.407 e. The lowest BCUT2D eigenvalue weighted by atomic mass is 9.66. The molecular weight excluding hydrogens is 288 g/mol. The number of carbonyl (C=O) groups excluding carboxylic acids is 1. The van der Waals surface area contributed by atoms with Gasteiger partial charge in [0.25, 0.3) is 0 Å². The van der Waals surface area contributed by atoms with E-state index in [9.17, 15) is 4.79 Å². The van der Waals surface area contributed by atoms with Gasteiger partial charge in [-0.3, -0.25) is 4.90 Å². The lowest BCUT2D eigenvalue weighted by Crippen LogP contribution is -2.50. The van der Waals surface area contributed by atoms with Crippen molar-refractivity contribution >= 4 is 6.09 Å². The van der Waals surface area contributed by atoms with Crippen molar-refractivity contribution in [3.8, 4) is 0 Å². The molecule has 4 nitrogen and oxygen atoms in total. The zero-order chi connectivity index (χ0) is 16.1. The summed E-state index contributed by atoms with van der Waals surface area (Å²) in [4.78, 5) is 14.5. The topological polar surface area (TPSA) is 41.6 Å². The van der Waals surface area contributed by atoms with Gasteiger partial charge in [0, 0.05) is 25.0 Å². The molecule has 1 aromatic carbocycles. The number of amides is 1. The van der Waals surface area contributed by atoms with Crippen molar-refractivity contribution in [2.24, 2.45) is 5.41 Å². The number of alkyl carbamates (subject to hydrolysis) is 1. The first-order valence-electron chi connectivity index (χ1n) is 8.91. The minimum absolute atomic E-state index is 0.231. The molecule has 1 aliphatic carbocycles. The molecule has 1 aromatic rings. The Morgan fingerprint density at radius 1 is 1.35 bits per heavy atom. The fourth-order valence-electron chi connectivity index (χ4n) is 3.86. The molecule has 2 aliphatic rings. The summed E-state index contributed by atoms with van der Waals surface area (Å²) < 4.78 is 5.29. The van der Waals surface area contributed by atoms with Crippen molar-refractivity contribution in [1.29, 1.82) is 0 Å². The summed E-state index contributed by atoms with van der Waals surface area (Å²) in [7, 11) is 0. The van der Waals surface area contributed by atoms with Crippen LogP contribution in [0.15, 0.2) is 30.3 Å². The summed E-state index contributed by atoms with van der Waals surface area (Å²) in [6.45, 7) is 5.60. The van der Waals surface area contributed by atoms with Crippen LogP contribution in [0.2, 0.25) is 0 Å². The minimum atomic E-state index is -0.240. The fraction of sp³-hybridized carbons (Fsp3) is 0.632.